The van der Waals surface area contributed by atoms with E-state index in [1.165, 1.54) is 12.1 Å². The highest BCUT2D eigenvalue weighted by Gasteiger charge is 2.41. The van der Waals surface area contributed by atoms with Gasteiger partial charge in [0.1, 0.15) is 11.9 Å². The van der Waals surface area contributed by atoms with Crippen LogP contribution in [0.25, 0.3) is 0 Å². The van der Waals surface area contributed by atoms with Crippen molar-refractivity contribution in [3.05, 3.63) is 93.0 Å². The van der Waals surface area contributed by atoms with E-state index >= 15 is 0 Å². The predicted molar refractivity (Wildman–Crippen MR) is 133 cm³/mol. The molecule has 3 aliphatic rings. The van der Waals surface area contributed by atoms with Crippen LogP contribution in [0.1, 0.15) is 74.8 Å². The number of ether oxygens (including phenoxy) is 1. The molecule has 0 radical (unpaired) electrons. The van der Waals surface area contributed by atoms with Crippen LogP contribution in [0.2, 0.25) is 5.02 Å². The number of carbonyl (C=O) groups is 2. The van der Waals surface area contributed by atoms with Gasteiger partial charge in [0.2, 0.25) is 0 Å². The monoisotopic (exact) mass is 493 g/mol. The molecule has 0 aromatic heterocycles. The Morgan fingerprint density at radius 3 is 2.31 bits per heavy atom. The Hall–Kier alpha value is -2.92. The van der Waals surface area contributed by atoms with Crippen LogP contribution >= 0.6 is 11.6 Å². The first-order valence-corrected chi connectivity index (χ1v) is 12.7. The smallest absolute Gasteiger partial charge is 0.337 e. The van der Waals surface area contributed by atoms with Gasteiger partial charge < -0.3 is 10.1 Å². The highest BCUT2D eigenvalue weighted by Crippen LogP contribution is 2.46. The molecule has 0 bridgehead atoms. The van der Waals surface area contributed by atoms with Gasteiger partial charge in [-0.2, -0.15) is 0 Å². The maximum atomic E-state index is 13.8. The summed E-state index contributed by atoms with van der Waals surface area (Å²) in [7, 11) is 0. The molecule has 35 heavy (non-hydrogen) atoms. The van der Waals surface area contributed by atoms with Gasteiger partial charge in [-0.15, -0.1) is 0 Å². The molecule has 1 saturated carbocycles. The number of halogens is 2. The van der Waals surface area contributed by atoms with Gasteiger partial charge in [-0.1, -0.05) is 42.3 Å². The van der Waals surface area contributed by atoms with E-state index in [1.54, 1.807) is 12.1 Å². The largest absolute Gasteiger partial charge is 0.459 e. The van der Waals surface area contributed by atoms with E-state index in [9.17, 15) is 14.0 Å². The van der Waals surface area contributed by atoms with Crippen molar-refractivity contribution in [2.45, 2.75) is 69.8 Å². The molecule has 1 heterocycles. The Balaban J connectivity index is 1.51. The Morgan fingerprint density at radius 1 is 0.971 bits per heavy atom. The Bertz CT molecular complexity index is 1190. The molecule has 1 aliphatic heterocycles. The third kappa shape index (κ3) is 4.92. The van der Waals surface area contributed by atoms with E-state index in [0.29, 0.717) is 40.3 Å². The SMILES string of the molecule is CC1=C(C(=O)OC2CCCCC2)[C@H](c2ccc(F)cc2)C2=C(C[C@H](c3ccc(Cl)cc3)CC2=O)N1. The van der Waals surface area contributed by atoms with Gasteiger partial charge in [-0.05, 0) is 80.3 Å². The highest BCUT2D eigenvalue weighted by molar-refractivity contribution is 6.30. The molecule has 2 aromatic rings. The molecule has 2 aromatic carbocycles. The summed E-state index contributed by atoms with van der Waals surface area (Å²) in [6, 6.07) is 13.7. The lowest BCUT2D eigenvalue weighted by molar-refractivity contribution is -0.146. The van der Waals surface area contributed by atoms with Crippen molar-refractivity contribution in [1.82, 2.24) is 5.32 Å². The summed E-state index contributed by atoms with van der Waals surface area (Å²) >= 11 is 6.06. The summed E-state index contributed by atoms with van der Waals surface area (Å²) in [5.41, 5.74) is 4.31. The Kier molecular flexibility index (Phi) is 6.79. The number of nitrogens with one attached hydrogen (secondary N) is 1. The van der Waals surface area contributed by atoms with Crippen LogP contribution in [0, 0.1) is 5.82 Å². The minimum atomic E-state index is -0.582. The number of dihydropyridines is 1. The fraction of sp³-hybridized carbons (Fsp3) is 0.379. The van der Waals surface area contributed by atoms with Crippen LogP contribution in [0.4, 0.5) is 4.39 Å². The third-order valence-electron chi connectivity index (χ3n) is 7.42. The third-order valence-corrected chi connectivity index (χ3v) is 7.67. The summed E-state index contributed by atoms with van der Waals surface area (Å²) < 4.78 is 19.7. The van der Waals surface area contributed by atoms with Gasteiger partial charge in [0.25, 0.3) is 0 Å². The first-order valence-electron chi connectivity index (χ1n) is 12.4. The van der Waals surface area contributed by atoms with Crippen molar-refractivity contribution in [3.8, 4) is 0 Å². The first kappa shape index (κ1) is 23.8. The number of esters is 1. The normalized spacial score (nSPS) is 23.1. The van der Waals surface area contributed by atoms with Crippen LogP contribution < -0.4 is 5.32 Å². The maximum absolute atomic E-state index is 13.8. The number of rotatable bonds is 4. The number of carbonyl (C=O) groups excluding carboxylic acids is 2. The summed E-state index contributed by atoms with van der Waals surface area (Å²) in [5.74, 6) is -1.33. The van der Waals surface area contributed by atoms with Gasteiger partial charge in [0.15, 0.2) is 5.78 Å². The van der Waals surface area contributed by atoms with Gasteiger partial charge in [0, 0.05) is 34.3 Å². The molecule has 0 amide bonds. The molecule has 1 N–H and O–H groups in total. The zero-order valence-corrected chi connectivity index (χ0v) is 20.5. The molecule has 0 unspecified atom stereocenters. The molecule has 0 saturated heterocycles. The fourth-order valence-corrected chi connectivity index (χ4v) is 5.79. The van der Waals surface area contributed by atoms with Crippen molar-refractivity contribution in [1.29, 1.82) is 0 Å². The summed E-state index contributed by atoms with van der Waals surface area (Å²) in [5, 5.41) is 4.03. The van der Waals surface area contributed by atoms with Gasteiger partial charge >= 0.3 is 5.97 Å². The molecule has 4 nitrogen and oxygen atoms in total. The summed E-state index contributed by atoms with van der Waals surface area (Å²) in [6.07, 6.45) is 5.87. The molecular formula is C29H29ClFNO3. The number of benzene rings is 2. The molecule has 5 rings (SSSR count). The summed E-state index contributed by atoms with van der Waals surface area (Å²) in [6.45, 7) is 1.86. The minimum Gasteiger partial charge on any atom is -0.459 e. The van der Waals surface area contributed by atoms with E-state index in [-0.39, 0.29) is 23.6 Å². The second-order valence-electron chi connectivity index (χ2n) is 9.79. The molecule has 0 spiro atoms. The van der Waals surface area contributed by atoms with Gasteiger partial charge in [-0.3, -0.25) is 4.79 Å². The van der Waals surface area contributed by atoms with Crippen molar-refractivity contribution in [3.63, 3.8) is 0 Å². The number of Topliss-reactive ketones (excluding diaryl/α,β-unsaturated/α-hetero) is 1. The average molecular weight is 494 g/mol. The van der Waals surface area contributed by atoms with Crippen molar-refractivity contribution >= 4 is 23.4 Å². The molecular weight excluding hydrogens is 465 g/mol. The molecule has 6 heteroatoms. The quantitative estimate of drug-likeness (QED) is 0.480. The van der Waals surface area contributed by atoms with E-state index in [2.05, 4.69) is 5.32 Å². The van der Waals surface area contributed by atoms with E-state index in [4.69, 9.17) is 16.3 Å². The van der Waals surface area contributed by atoms with Crippen LogP contribution in [0.5, 0.6) is 0 Å². The lowest BCUT2D eigenvalue weighted by Crippen LogP contribution is -2.37. The fourth-order valence-electron chi connectivity index (χ4n) is 5.67. The Labute approximate surface area is 210 Å². The van der Waals surface area contributed by atoms with Crippen molar-refractivity contribution < 1.29 is 18.7 Å². The van der Waals surface area contributed by atoms with E-state index < -0.39 is 11.9 Å². The second-order valence-corrected chi connectivity index (χ2v) is 10.2. The number of ketones is 1. The highest BCUT2D eigenvalue weighted by atomic mass is 35.5. The molecule has 2 atom stereocenters. The van der Waals surface area contributed by atoms with Crippen molar-refractivity contribution in [2.75, 3.05) is 0 Å². The van der Waals surface area contributed by atoms with Crippen LogP contribution in [0.3, 0.4) is 0 Å². The van der Waals surface area contributed by atoms with Gasteiger partial charge in [0.05, 0.1) is 5.57 Å². The van der Waals surface area contributed by atoms with E-state index in [1.807, 2.05) is 31.2 Å². The number of hydrogen-bond donors (Lipinski definition) is 1. The predicted octanol–water partition coefficient (Wildman–Crippen LogP) is 6.72. The molecule has 1 fully saturated rings. The van der Waals surface area contributed by atoms with Gasteiger partial charge in [-0.25, -0.2) is 9.18 Å². The zero-order valence-electron chi connectivity index (χ0n) is 19.8. The average Bonchev–Trinajstić information content (AvgIpc) is 2.84. The number of hydrogen-bond acceptors (Lipinski definition) is 4. The lowest BCUT2D eigenvalue weighted by atomic mass is 9.71. The van der Waals surface area contributed by atoms with E-state index in [0.717, 1.165) is 43.4 Å². The number of allylic oxidation sites excluding steroid dienone is 3. The van der Waals surface area contributed by atoms with Crippen molar-refractivity contribution in [2.24, 2.45) is 0 Å². The van der Waals surface area contributed by atoms with Crippen LogP contribution in [-0.2, 0) is 14.3 Å². The minimum absolute atomic E-state index is 0.0107. The standard InChI is InChI=1S/C29H29ClFNO3/c1-17-26(29(34)35-23-5-3-2-4-6-23)27(19-9-13-22(31)14-10-19)28-24(32-17)15-20(16-25(28)33)18-7-11-21(30)12-8-18/h7-14,20,23,27,32H,2-6,15-16H2,1H3/t20-,27-/m0/s1. The maximum Gasteiger partial charge on any atom is 0.337 e. The Morgan fingerprint density at radius 2 is 1.63 bits per heavy atom. The second kappa shape index (κ2) is 9.98. The lowest BCUT2D eigenvalue weighted by Gasteiger charge is -2.37. The summed E-state index contributed by atoms with van der Waals surface area (Å²) in [4.78, 5) is 27.1. The zero-order chi connectivity index (χ0) is 24.5. The molecule has 2 aliphatic carbocycles. The first-order chi connectivity index (χ1) is 16.9. The van der Waals surface area contributed by atoms with Crippen LogP contribution in [0.15, 0.2) is 71.1 Å². The van der Waals surface area contributed by atoms with Crippen LogP contribution in [-0.4, -0.2) is 17.9 Å². The molecule has 182 valence electrons. The topological polar surface area (TPSA) is 55.4 Å².